The van der Waals surface area contributed by atoms with Crippen LogP contribution in [0.25, 0.3) is 0 Å². The second kappa shape index (κ2) is 5.91. The Hall–Kier alpha value is -0.770. The lowest BCUT2D eigenvalue weighted by atomic mass is 9.98. The number of benzene rings is 1. The largest absolute Gasteiger partial charge is 0.396 e. The zero-order valence-corrected chi connectivity index (χ0v) is 11.5. The van der Waals surface area contributed by atoms with Crippen molar-refractivity contribution in [2.24, 2.45) is 11.7 Å². The summed E-state index contributed by atoms with van der Waals surface area (Å²) in [5.41, 5.74) is 7.97. The number of anilines is 1. The van der Waals surface area contributed by atoms with E-state index in [-0.39, 0.29) is 12.6 Å². The minimum absolute atomic E-state index is 0.0434. The molecule has 0 spiro atoms. The molecule has 3 N–H and O–H groups in total. The van der Waals surface area contributed by atoms with Crippen LogP contribution in [0.1, 0.15) is 31.4 Å². The monoisotopic (exact) mass is 268 g/mol. The highest BCUT2D eigenvalue weighted by molar-refractivity contribution is 6.31. The summed E-state index contributed by atoms with van der Waals surface area (Å²) in [5.74, 6) is 0.380. The van der Waals surface area contributed by atoms with Gasteiger partial charge < -0.3 is 15.7 Å². The van der Waals surface area contributed by atoms with E-state index in [1.54, 1.807) is 0 Å². The molecule has 1 aliphatic heterocycles. The van der Waals surface area contributed by atoms with Gasteiger partial charge in [-0.2, -0.15) is 0 Å². The van der Waals surface area contributed by atoms with E-state index < -0.39 is 0 Å². The van der Waals surface area contributed by atoms with E-state index in [0.29, 0.717) is 5.92 Å². The zero-order chi connectivity index (χ0) is 13.1. The van der Waals surface area contributed by atoms with Crippen LogP contribution in [0.15, 0.2) is 18.2 Å². The maximum atomic E-state index is 9.26. The van der Waals surface area contributed by atoms with Crippen LogP contribution in [0.4, 0.5) is 5.69 Å². The van der Waals surface area contributed by atoms with E-state index in [1.165, 1.54) is 0 Å². The Kier molecular flexibility index (Phi) is 4.49. The number of halogens is 1. The molecule has 0 aliphatic carbocycles. The van der Waals surface area contributed by atoms with E-state index in [1.807, 2.05) is 19.1 Å². The Morgan fingerprint density at radius 2 is 2.33 bits per heavy atom. The molecule has 4 heteroatoms. The SMILES string of the molecule is CC(N)c1ccc(N2CCCC(CO)C2)cc1Cl. The normalized spacial score (nSPS) is 22.0. The van der Waals surface area contributed by atoms with Gasteiger partial charge in [-0.1, -0.05) is 17.7 Å². The molecular formula is C14H21ClN2O. The second-order valence-corrected chi connectivity index (χ2v) is 5.54. The van der Waals surface area contributed by atoms with Crippen molar-refractivity contribution in [2.45, 2.75) is 25.8 Å². The van der Waals surface area contributed by atoms with Gasteiger partial charge in [0, 0.05) is 36.4 Å². The average Bonchev–Trinajstić information content (AvgIpc) is 2.38. The molecule has 1 aromatic rings. The quantitative estimate of drug-likeness (QED) is 0.886. The molecule has 3 nitrogen and oxygen atoms in total. The van der Waals surface area contributed by atoms with Gasteiger partial charge >= 0.3 is 0 Å². The van der Waals surface area contributed by atoms with Gasteiger partial charge in [0.05, 0.1) is 0 Å². The zero-order valence-electron chi connectivity index (χ0n) is 10.8. The van der Waals surface area contributed by atoms with Crippen LogP contribution in [-0.2, 0) is 0 Å². The van der Waals surface area contributed by atoms with Gasteiger partial charge in [0.2, 0.25) is 0 Å². The van der Waals surface area contributed by atoms with Crippen LogP contribution in [-0.4, -0.2) is 24.8 Å². The smallest absolute Gasteiger partial charge is 0.0476 e. The highest BCUT2D eigenvalue weighted by Crippen LogP contribution is 2.29. The first-order valence-electron chi connectivity index (χ1n) is 6.52. The summed E-state index contributed by atoms with van der Waals surface area (Å²) in [6, 6.07) is 6.02. The highest BCUT2D eigenvalue weighted by atomic mass is 35.5. The molecular weight excluding hydrogens is 248 g/mol. The van der Waals surface area contributed by atoms with Crippen molar-refractivity contribution in [3.05, 3.63) is 28.8 Å². The Labute approximate surface area is 114 Å². The molecule has 1 aromatic carbocycles. The molecule has 1 saturated heterocycles. The van der Waals surface area contributed by atoms with Crippen molar-refractivity contribution in [3.8, 4) is 0 Å². The molecule has 100 valence electrons. The standard InChI is InChI=1S/C14H21ClN2O/c1-10(16)13-5-4-12(7-14(13)15)17-6-2-3-11(8-17)9-18/h4-5,7,10-11,18H,2-3,6,8-9,16H2,1H3. The predicted octanol–water partition coefficient (Wildman–Crippen LogP) is 2.57. The minimum atomic E-state index is -0.0434. The van der Waals surface area contributed by atoms with Crippen molar-refractivity contribution in [3.63, 3.8) is 0 Å². The number of hydrogen-bond donors (Lipinski definition) is 2. The topological polar surface area (TPSA) is 49.5 Å². The van der Waals surface area contributed by atoms with Crippen molar-refractivity contribution >= 4 is 17.3 Å². The second-order valence-electron chi connectivity index (χ2n) is 5.13. The summed E-state index contributed by atoms with van der Waals surface area (Å²) in [6.07, 6.45) is 2.23. The first-order valence-corrected chi connectivity index (χ1v) is 6.90. The number of piperidine rings is 1. The number of hydrogen-bond acceptors (Lipinski definition) is 3. The fourth-order valence-corrected chi connectivity index (χ4v) is 2.88. The molecule has 2 unspecified atom stereocenters. The molecule has 2 rings (SSSR count). The van der Waals surface area contributed by atoms with Gasteiger partial charge in [-0.25, -0.2) is 0 Å². The van der Waals surface area contributed by atoms with Crippen LogP contribution < -0.4 is 10.6 Å². The molecule has 0 amide bonds. The van der Waals surface area contributed by atoms with Crippen molar-refractivity contribution < 1.29 is 5.11 Å². The highest BCUT2D eigenvalue weighted by Gasteiger charge is 2.20. The number of nitrogens with two attached hydrogens (primary N) is 1. The van der Waals surface area contributed by atoms with Gasteiger partial charge in [-0.15, -0.1) is 0 Å². The number of nitrogens with zero attached hydrogens (tertiary/aromatic N) is 1. The maximum absolute atomic E-state index is 9.26. The predicted molar refractivity (Wildman–Crippen MR) is 76.1 cm³/mol. The third kappa shape index (κ3) is 2.97. The lowest BCUT2D eigenvalue weighted by Gasteiger charge is -2.34. The van der Waals surface area contributed by atoms with E-state index in [9.17, 15) is 5.11 Å². The molecule has 0 radical (unpaired) electrons. The van der Waals surface area contributed by atoms with Crippen LogP contribution in [0.2, 0.25) is 5.02 Å². The minimum Gasteiger partial charge on any atom is -0.396 e. The molecule has 1 heterocycles. The molecule has 1 fully saturated rings. The van der Waals surface area contributed by atoms with Gasteiger partial charge in [0.1, 0.15) is 0 Å². The van der Waals surface area contributed by atoms with Gasteiger partial charge in [0.15, 0.2) is 0 Å². The van der Waals surface area contributed by atoms with Crippen molar-refractivity contribution in [1.29, 1.82) is 0 Å². The molecule has 1 aliphatic rings. The van der Waals surface area contributed by atoms with Crippen LogP contribution in [0.3, 0.4) is 0 Å². The number of aliphatic hydroxyl groups excluding tert-OH is 1. The molecule has 2 atom stereocenters. The average molecular weight is 269 g/mol. The van der Waals surface area contributed by atoms with Crippen molar-refractivity contribution in [1.82, 2.24) is 0 Å². The molecule has 18 heavy (non-hydrogen) atoms. The Bertz CT molecular complexity index is 409. The van der Waals surface area contributed by atoms with E-state index in [2.05, 4.69) is 11.0 Å². The van der Waals surface area contributed by atoms with E-state index >= 15 is 0 Å². The van der Waals surface area contributed by atoms with Crippen LogP contribution >= 0.6 is 11.6 Å². The molecule has 0 bridgehead atoms. The van der Waals surface area contributed by atoms with Crippen LogP contribution in [0, 0.1) is 5.92 Å². The van der Waals surface area contributed by atoms with E-state index in [0.717, 1.165) is 42.2 Å². The first-order chi connectivity index (χ1) is 8.61. The Morgan fingerprint density at radius 1 is 1.56 bits per heavy atom. The third-order valence-electron chi connectivity index (χ3n) is 3.62. The number of rotatable bonds is 3. The summed E-state index contributed by atoms with van der Waals surface area (Å²) < 4.78 is 0. The fraction of sp³-hybridized carbons (Fsp3) is 0.571. The first kappa shape index (κ1) is 13.7. The Morgan fingerprint density at radius 3 is 2.94 bits per heavy atom. The molecule has 0 saturated carbocycles. The summed E-state index contributed by atoms with van der Waals surface area (Å²) in [4.78, 5) is 2.29. The van der Waals surface area contributed by atoms with Crippen LogP contribution in [0.5, 0.6) is 0 Å². The third-order valence-corrected chi connectivity index (χ3v) is 3.94. The Balaban J connectivity index is 2.16. The van der Waals surface area contributed by atoms with Gasteiger partial charge in [-0.05, 0) is 43.4 Å². The fourth-order valence-electron chi connectivity index (χ4n) is 2.53. The molecule has 0 aromatic heterocycles. The lowest BCUT2D eigenvalue weighted by Crippen LogP contribution is -2.36. The van der Waals surface area contributed by atoms with E-state index in [4.69, 9.17) is 17.3 Å². The summed E-state index contributed by atoms with van der Waals surface area (Å²) >= 11 is 6.26. The lowest BCUT2D eigenvalue weighted by molar-refractivity contribution is 0.209. The number of aliphatic hydroxyl groups is 1. The summed E-state index contributed by atoms with van der Waals surface area (Å²) in [5, 5.41) is 9.99. The maximum Gasteiger partial charge on any atom is 0.0476 e. The van der Waals surface area contributed by atoms with Gasteiger partial charge in [-0.3, -0.25) is 0 Å². The van der Waals surface area contributed by atoms with Gasteiger partial charge in [0.25, 0.3) is 0 Å². The van der Waals surface area contributed by atoms with Crippen molar-refractivity contribution in [2.75, 3.05) is 24.6 Å². The summed E-state index contributed by atoms with van der Waals surface area (Å²) in [6.45, 7) is 4.14. The summed E-state index contributed by atoms with van der Waals surface area (Å²) in [7, 11) is 0.